The molecule has 5 aliphatic rings. The number of nitrogens with one attached hydrogen (secondary N) is 1. The minimum absolute atomic E-state index is 0.00448. The Morgan fingerprint density at radius 1 is 0.774 bits per heavy atom. The van der Waals surface area contributed by atoms with E-state index in [0.717, 1.165) is 43.9 Å². The monoisotopic (exact) mass is 415 g/mol. The van der Waals surface area contributed by atoms with Gasteiger partial charge < -0.3 is 9.80 Å². The average molecular weight is 416 g/mol. The molecule has 7 rings (SSSR count). The highest BCUT2D eigenvalue weighted by Crippen LogP contribution is 2.60. The van der Waals surface area contributed by atoms with Crippen LogP contribution in [0.4, 0.5) is 0 Å². The first kappa shape index (κ1) is 19.5. The Hall–Kier alpha value is -2.13. The van der Waals surface area contributed by atoms with Crippen LogP contribution >= 0.6 is 0 Å². The molecule has 2 aromatic rings. The van der Waals surface area contributed by atoms with Crippen LogP contribution in [0.1, 0.15) is 55.7 Å². The van der Waals surface area contributed by atoms with Gasteiger partial charge in [-0.3, -0.25) is 4.79 Å². The van der Waals surface area contributed by atoms with Crippen molar-refractivity contribution in [3.8, 4) is 0 Å². The Balaban J connectivity index is 1.19. The SMILES string of the molecule is O=C(N1CC[NH+](C(c2ccccc2)c2ccccc2)CC1)C12CC3CC(CC(C3)C1)C2. The lowest BCUT2D eigenvalue weighted by Crippen LogP contribution is -3.15. The van der Waals surface area contributed by atoms with Gasteiger partial charge in [0.05, 0.1) is 31.6 Å². The maximum Gasteiger partial charge on any atom is 0.229 e. The fraction of sp³-hybridized carbons (Fsp3) is 0.536. The smallest absolute Gasteiger partial charge is 0.229 e. The first-order valence-electron chi connectivity index (χ1n) is 12.4. The summed E-state index contributed by atoms with van der Waals surface area (Å²) in [5, 5.41) is 0. The van der Waals surface area contributed by atoms with E-state index in [1.165, 1.54) is 49.7 Å². The molecule has 1 aliphatic heterocycles. The Bertz CT molecular complexity index is 842. The van der Waals surface area contributed by atoms with Gasteiger partial charge in [0.1, 0.15) is 6.04 Å². The first-order valence-corrected chi connectivity index (χ1v) is 12.4. The normalized spacial score (nSPS) is 32.5. The second-order valence-electron chi connectivity index (χ2n) is 10.9. The number of nitrogens with zero attached hydrogens (tertiary/aromatic N) is 1. The molecule has 4 saturated carbocycles. The van der Waals surface area contributed by atoms with Gasteiger partial charge in [-0.15, -0.1) is 0 Å². The Kier molecular flexibility index (Phi) is 4.90. The molecular weight excluding hydrogens is 380 g/mol. The Morgan fingerprint density at radius 2 is 1.23 bits per heavy atom. The molecule has 3 nitrogen and oxygen atoms in total. The Labute approximate surface area is 186 Å². The van der Waals surface area contributed by atoms with E-state index >= 15 is 0 Å². The van der Waals surface area contributed by atoms with E-state index in [9.17, 15) is 4.79 Å². The molecule has 2 aromatic carbocycles. The number of amides is 1. The number of benzene rings is 2. The summed E-state index contributed by atoms with van der Waals surface area (Å²) in [6.07, 6.45) is 7.76. The quantitative estimate of drug-likeness (QED) is 0.809. The molecular formula is C28H35N2O+. The lowest BCUT2D eigenvalue weighted by atomic mass is 9.49. The highest BCUT2D eigenvalue weighted by atomic mass is 16.2. The highest BCUT2D eigenvalue weighted by molar-refractivity contribution is 5.83. The second-order valence-corrected chi connectivity index (χ2v) is 10.9. The van der Waals surface area contributed by atoms with Crippen LogP contribution in [0.15, 0.2) is 60.7 Å². The van der Waals surface area contributed by atoms with E-state index in [1.54, 1.807) is 4.90 Å². The maximum atomic E-state index is 13.8. The molecule has 3 heteroatoms. The van der Waals surface area contributed by atoms with Crippen molar-refractivity contribution >= 4 is 5.91 Å². The minimum atomic E-state index is 0.00448. The summed E-state index contributed by atoms with van der Waals surface area (Å²) < 4.78 is 0. The third-order valence-corrected chi connectivity index (χ3v) is 8.86. The van der Waals surface area contributed by atoms with Crippen molar-refractivity contribution in [2.45, 2.75) is 44.6 Å². The van der Waals surface area contributed by atoms with Crippen LogP contribution in [0, 0.1) is 23.2 Å². The predicted octanol–water partition coefficient (Wildman–Crippen LogP) is 3.72. The fourth-order valence-electron chi connectivity index (χ4n) is 7.95. The summed E-state index contributed by atoms with van der Waals surface area (Å²) in [6, 6.07) is 22.2. The van der Waals surface area contributed by atoms with Gasteiger partial charge in [0.15, 0.2) is 0 Å². The number of carbonyl (C=O) groups excluding carboxylic acids is 1. The predicted molar refractivity (Wildman–Crippen MR) is 123 cm³/mol. The summed E-state index contributed by atoms with van der Waals surface area (Å²) >= 11 is 0. The molecule has 1 amide bonds. The molecule has 31 heavy (non-hydrogen) atoms. The lowest BCUT2D eigenvalue weighted by Gasteiger charge is -2.57. The molecule has 5 fully saturated rings. The molecule has 4 aliphatic carbocycles. The number of carbonyl (C=O) groups is 1. The lowest BCUT2D eigenvalue weighted by molar-refractivity contribution is -0.929. The van der Waals surface area contributed by atoms with Gasteiger partial charge in [-0.1, -0.05) is 60.7 Å². The zero-order valence-electron chi connectivity index (χ0n) is 18.5. The molecule has 162 valence electrons. The zero-order chi connectivity index (χ0) is 20.8. The summed E-state index contributed by atoms with van der Waals surface area (Å²) in [4.78, 5) is 17.6. The van der Waals surface area contributed by atoms with Crippen LogP contribution in [0.25, 0.3) is 0 Å². The van der Waals surface area contributed by atoms with Crippen LogP contribution in [-0.2, 0) is 4.79 Å². The summed E-state index contributed by atoms with van der Waals surface area (Å²) in [5.74, 6) is 3.02. The van der Waals surface area contributed by atoms with E-state index in [-0.39, 0.29) is 5.41 Å². The van der Waals surface area contributed by atoms with Gasteiger partial charge in [0, 0.05) is 11.1 Å². The van der Waals surface area contributed by atoms with Crippen molar-refractivity contribution in [3.05, 3.63) is 71.8 Å². The molecule has 0 radical (unpaired) electrons. The van der Waals surface area contributed by atoms with Gasteiger partial charge in [0.25, 0.3) is 0 Å². The maximum absolute atomic E-state index is 13.8. The molecule has 1 heterocycles. The molecule has 0 aromatic heterocycles. The van der Waals surface area contributed by atoms with Crippen LogP contribution in [-0.4, -0.2) is 37.0 Å². The van der Waals surface area contributed by atoms with Crippen molar-refractivity contribution in [1.29, 1.82) is 0 Å². The standard InChI is InChI=1S/C28H34N2O/c31-27(28-18-21-15-22(19-28)17-23(16-21)20-28)30-13-11-29(12-14-30)26(24-7-3-1-4-8-24)25-9-5-2-6-10-25/h1-10,21-23,26H,11-20H2/p+1. The van der Waals surface area contributed by atoms with E-state index in [4.69, 9.17) is 0 Å². The summed E-state index contributed by atoms with van der Waals surface area (Å²) in [5.41, 5.74) is 2.76. The number of piperazine rings is 1. The van der Waals surface area contributed by atoms with Crippen molar-refractivity contribution in [1.82, 2.24) is 4.90 Å². The highest BCUT2D eigenvalue weighted by Gasteiger charge is 2.55. The summed E-state index contributed by atoms with van der Waals surface area (Å²) in [6.45, 7) is 3.89. The third kappa shape index (κ3) is 3.51. The molecule has 0 unspecified atom stereocenters. The minimum Gasteiger partial charge on any atom is -0.331 e. The molecule has 0 atom stereocenters. The number of hydrogen-bond donors (Lipinski definition) is 1. The van der Waals surface area contributed by atoms with Crippen LogP contribution in [0.3, 0.4) is 0 Å². The van der Waals surface area contributed by atoms with Crippen LogP contribution in [0.5, 0.6) is 0 Å². The van der Waals surface area contributed by atoms with E-state index < -0.39 is 0 Å². The van der Waals surface area contributed by atoms with E-state index in [1.807, 2.05) is 0 Å². The van der Waals surface area contributed by atoms with Gasteiger partial charge in [-0.2, -0.15) is 0 Å². The van der Waals surface area contributed by atoms with E-state index in [2.05, 4.69) is 65.6 Å². The largest absolute Gasteiger partial charge is 0.331 e. The van der Waals surface area contributed by atoms with Crippen molar-refractivity contribution in [2.75, 3.05) is 26.2 Å². The molecule has 1 N–H and O–H groups in total. The number of rotatable bonds is 4. The zero-order valence-corrected chi connectivity index (χ0v) is 18.5. The van der Waals surface area contributed by atoms with Crippen LogP contribution in [0.2, 0.25) is 0 Å². The molecule has 0 spiro atoms. The Morgan fingerprint density at radius 3 is 1.68 bits per heavy atom. The van der Waals surface area contributed by atoms with Gasteiger partial charge in [0.2, 0.25) is 5.91 Å². The van der Waals surface area contributed by atoms with Gasteiger partial charge >= 0.3 is 0 Å². The van der Waals surface area contributed by atoms with Crippen LogP contribution < -0.4 is 4.90 Å². The number of hydrogen-bond acceptors (Lipinski definition) is 1. The van der Waals surface area contributed by atoms with Crippen molar-refractivity contribution in [3.63, 3.8) is 0 Å². The topological polar surface area (TPSA) is 24.8 Å². The average Bonchev–Trinajstić information content (AvgIpc) is 2.80. The third-order valence-electron chi connectivity index (χ3n) is 8.86. The fourth-order valence-corrected chi connectivity index (χ4v) is 7.95. The van der Waals surface area contributed by atoms with Gasteiger partial charge in [-0.25, -0.2) is 0 Å². The van der Waals surface area contributed by atoms with Crippen molar-refractivity contribution in [2.24, 2.45) is 23.2 Å². The number of quaternary nitrogens is 1. The van der Waals surface area contributed by atoms with E-state index in [0.29, 0.717) is 11.9 Å². The van der Waals surface area contributed by atoms with Gasteiger partial charge in [-0.05, 0) is 56.3 Å². The first-order chi connectivity index (χ1) is 15.2. The molecule has 1 saturated heterocycles. The molecule has 4 bridgehead atoms. The van der Waals surface area contributed by atoms with Crippen molar-refractivity contribution < 1.29 is 9.69 Å². The summed E-state index contributed by atoms with van der Waals surface area (Å²) in [7, 11) is 0. The second kappa shape index (κ2) is 7.78.